The van der Waals surface area contributed by atoms with Crippen molar-refractivity contribution in [2.45, 2.75) is 6.54 Å². The average molecular weight is 308 g/mol. The molecule has 0 bridgehead atoms. The molecular weight excluding hydrogens is 292 g/mol. The predicted molar refractivity (Wildman–Crippen MR) is 87.6 cm³/mol. The quantitative estimate of drug-likeness (QED) is 0.777. The van der Waals surface area contributed by atoms with Crippen molar-refractivity contribution in [1.29, 1.82) is 0 Å². The molecule has 3 rings (SSSR count). The molecule has 0 unspecified atom stereocenters. The summed E-state index contributed by atoms with van der Waals surface area (Å²) < 4.78 is 5.21. The van der Waals surface area contributed by atoms with Gasteiger partial charge < -0.3 is 15.2 Å². The van der Waals surface area contributed by atoms with Gasteiger partial charge in [0.05, 0.1) is 18.9 Å². The highest BCUT2D eigenvalue weighted by atomic mass is 16.5. The number of benzene rings is 2. The number of hydrogen-bond donors (Lipinski definition) is 2. The molecule has 23 heavy (non-hydrogen) atoms. The van der Waals surface area contributed by atoms with Crippen LogP contribution in [0.3, 0.4) is 0 Å². The molecule has 0 spiro atoms. The molecule has 0 radical (unpaired) electrons. The summed E-state index contributed by atoms with van der Waals surface area (Å²) in [6.07, 6.45) is 2.72. The Labute approximate surface area is 133 Å². The minimum Gasteiger partial charge on any atom is -0.505 e. The Hall–Kier alpha value is -3.08. The number of ether oxygens (including phenoxy) is 1. The van der Waals surface area contributed by atoms with Crippen molar-refractivity contribution >= 4 is 16.7 Å². The Balaban J connectivity index is 1.74. The van der Waals surface area contributed by atoms with E-state index < -0.39 is 0 Å². The number of aromatic nitrogens is 1. The summed E-state index contributed by atoms with van der Waals surface area (Å²) in [7, 11) is 1.64. The van der Waals surface area contributed by atoms with Crippen LogP contribution in [0.15, 0.2) is 54.9 Å². The fourth-order valence-corrected chi connectivity index (χ4v) is 2.37. The SMILES string of the molecule is COc1ccc2cc(CNC(=O)c3ccncc3O)ccc2c1. The van der Waals surface area contributed by atoms with Crippen molar-refractivity contribution < 1.29 is 14.6 Å². The van der Waals surface area contributed by atoms with E-state index in [4.69, 9.17) is 4.74 Å². The van der Waals surface area contributed by atoms with Gasteiger partial charge in [-0.1, -0.05) is 18.2 Å². The first-order valence-corrected chi connectivity index (χ1v) is 7.15. The number of carbonyl (C=O) groups is 1. The molecule has 5 heteroatoms. The molecule has 1 aromatic heterocycles. The van der Waals surface area contributed by atoms with Crippen molar-refractivity contribution in [3.05, 3.63) is 66.0 Å². The summed E-state index contributed by atoms with van der Waals surface area (Å²) in [4.78, 5) is 15.8. The maximum atomic E-state index is 12.1. The largest absolute Gasteiger partial charge is 0.505 e. The van der Waals surface area contributed by atoms with Gasteiger partial charge in [-0.05, 0) is 40.6 Å². The molecule has 1 heterocycles. The highest BCUT2D eigenvalue weighted by Gasteiger charge is 2.10. The lowest BCUT2D eigenvalue weighted by Crippen LogP contribution is -2.22. The molecule has 0 atom stereocenters. The number of nitrogens with one attached hydrogen (secondary N) is 1. The number of methoxy groups -OCH3 is 1. The van der Waals surface area contributed by atoms with Gasteiger partial charge in [-0.15, -0.1) is 0 Å². The molecule has 0 saturated carbocycles. The van der Waals surface area contributed by atoms with Gasteiger partial charge >= 0.3 is 0 Å². The van der Waals surface area contributed by atoms with E-state index in [9.17, 15) is 9.90 Å². The van der Waals surface area contributed by atoms with Gasteiger partial charge in [-0.25, -0.2) is 0 Å². The molecule has 1 amide bonds. The lowest BCUT2D eigenvalue weighted by Gasteiger charge is -2.08. The monoisotopic (exact) mass is 308 g/mol. The van der Waals surface area contributed by atoms with Crippen LogP contribution in [0.5, 0.6) is 11.5 Å². The van der Waals surface area contributed by atoms with E-state index in [0.717, 1.165) is 22.1 Å². The van der Waals surface area contributed by atoms with Crippen molar-refractivity contribution in [2.24, 2.45) is 0 Å². The number of amides is 1. The summed E-state index contributed by atoms with van der Waals surface area (Å²) in [6.45, 7) is 0.378. The Bertz CT molecular complexity index is 862. The molecule has 0 saturated heterocycles. The van der Waals surface area contributed by atoms with Crippen LogP contribution in [-0.4, -0.2) is 23.1 Å². The molecule has 5 nitrogen and oxygen atoms in total. The van der Waals surface area contributed by atoms with E-state index in [2.05, 4.69) is 10.3 Å². The zero-order chi connectivity index (χ0) is 16.2. The van der Waals surface area contributed by atoms with Crippen LogP contribution >= 0.6 is 0 Å². The molecule has 3 aromatic rings. The van der Waals surface area contributed by atoms with Crippen molar-refractivity contribution in [3.63, 3.8) is 0 Å². The first-order valence-electron chi connectivity index (χ1n) is 7.15. The number of fused-ring (bicyclic) bond motifs is 1. The highest BCUT2D eigenvalue weighted by Crippen LogP contribution is 2.22. The third-order valence-corrected chi connectivity index (χ3v) is 3.61. The Morgan fingerprint density at radius 3 is 2.74 bits per heavy atom. The van der Waals surface area contributed by atoms with Crippen LogP contribution in [-0.2, 0) is 6.54 Å². The lowest BCUT2D eigenvalue weighted by atomic mass is 10.1. The van der Waals surface area contributed by atoms with Gasteiger partial charge in [0.15, 0.2) is 0 Å². The van der Waals surface area contributed by atoms with Crippen LogP contribution in [0.2, 0.25) is 0 Å². The van der Waals surface area contributed by atoms with Crippen molar-refractivity contribution in [3.8, 4) is 11.5 Å². The molecule has 2 N–H and O–H groups in total. The van der Waals surface area contributed by atoms with Crippen LogP contribution in [0, 0.1) is 0 Å². The second kappa shape index (κ2) is 6.36. The Morgan fingerprint density at radius 2 is 1.96 bits per heavy atom. The van der Waals surface area contributed by atoms with E-state index in [0.29, 0.717) is 6.54 Å². The van der Waals surface area contributed by atoms with Gasteiger partial charge in [0.25, 0.3) is 5.91 Å². The van der Waals surface area contributed by atoms with Gasteiger partial charge in [0.1, 0.15) is 11.5 Å². The summed E-state index contributed by atoms with van der Waals surface area (Å²) >= 11 is 0. The zero-order valence-corrected chi connectivity index (χ0v) is 12.6. The maximum absolute atomic E-state index is 12.1. The molecule has 0 fully saturated rings. The van der Waals surface area contributed by atoms with Crippen LogP contribution in [0.1, 0.15) is 15.9 Å². The molecule has 116 valence electrons. The van der Waals surface area contributed by atoms with Crippen LogP contribution in [0.4, 0.5) is 0 Å². The minimum absolute atomic E-state index is 0.129. The zero-order valence-electron chi connectivity index (χ0n) is 12.6. The van der Waals surface area contributed by atoms with E-state index in [1.807, 2.05) is 36.4 Å². The van der Waals surface area contributed by atoms with E-state index >= 15 is 0 Å². The van der Waals surface area contributed by atoms with Crippen molar-refractivity contribution in [2.75, 3.05) is 7.11 Å². The first kappa shape index (κ1) is 14.8. The third-order valence-electron chi connectivity index (χ3n) is 3.61. The number of aromatic hydroxyl groups is 1. The molecule has 2 aromatic carbocycles. The summed E-state index contributed by atoms with van der Waals surface area (Å²) in [5.74, 6) is 0.349. The second-order valence-corrected chi connectivity index (χ2v) is 5.12. The number of carbonyl (C=O) groups excluding carboxylic acids is 1. The lowest BCUT2D eigenvalue weighted by molar-refractivity contribution is 0.0948. The molecule has 0 aliphatic rings. The fourth-order valence-electron chi connectivity index (χ4n) is 2.37. The van der Waals surface area contributed by atoms with Crippen LogP contribution in [0.25, 0.3) is 10.8 Å². The normalized spacial score (nSPS) is 10.5. The summed E-state index contributed by atoms with van der Waals surface area (Å²) in [5, 5.41) is 14.6. The molecular formula is C18H16N2O3. The smallest absolute Gasteiger partial charge is 0.255 e. The van der Waals surface area contributed by atoms with Gasteiger partial charge in [0.2, 0.25) is 0 Å². The average Bonchev–Trinajstić information content (AvgIpc) is 2.59. The fraction of sp³-hybridized carbons (Fsp3) is 0.111. The van der Waals surface area contributed by atoms with E-state index in [1.54, 1.807) is 7.11 Å². The van der Waals surface area contributed by atoms with Crippen molar-refractivity contribution in [1.82, 2.24) is 10.3 Å². The van der Waals surface area contributed by atoms with Crippen LogP contribution < -0.4 is 10.1 Å². The topological polar surface area (TPSA) is 71.5 Å². The third kappa shape index (κ3) is 3.23. The number of hydrogen-bond acceptors (Lipinski definition) is 4. The minimum atomic E-state index is -0.334. The first-order chi connectivity index (χ1) is 11.2. The summed E-state index contributed by atoms with van der Waals surface area (Å²) in [6, 6.07) is 13.3. The number of nitrogens with zero attached hydrogens (tertiary/aromatic N) is 1. The molecule has 0 aliphatic heterocycles. The number of pyridine rings is 1. The summed E-state index contributed by atoms with van der Waals surface area (Å²) in [5.41, 5.74) is 1.19. The van der Waals surface area contributed by atoms with Gasteiger partial charge in [-0.3, -0.25) is 9.78 Å². The maximum Gasteiger partial charge on any atom is 0.255 e. The number of rotatable bonds is 4. The van der Waals surface area contributed by atoms with Gasteiger partial charge in [0, 0.05) is 12.7 Å². The van der Waals surface area contributed by atoms with E-state index in [1.165, 1.54) is 18.5 Å². The van der Waals surface area contributed by atoms with E-state index in [-0.39, 0.29) is 17.2 Å². The Kier molecular flexibility index (Phi) is 4.10. The standard InChI is InChI=1S/C18H16N2O3/c1-23-15-5-4-13-8-12(2-3-14(13)9-15)10-20-18(22)16-6-7-19-11-17(16)21/h2-9,11,21H,10H2,1H3,(H,20,22). The van der Waals surface area contributed by atoms with Gasteiger partial charge in [-0.2, -0.15) is 0 Å². The highest BCUT2D eigenvalue weighted by molar-refractivity contribution is 5.96. The second-order valence-electron chi connectivity index (χ2n) is 5.12. The Morgan fingerprint density at radius 1 is 1.17 bits per heavy atom. The predicted octanol–water partition coefficient (Wildman–Crippen LogP) is 2.88. The molecule has 0 aliphatic carbocycles.